The molecule has 0 atom stereocenters. The number of aromatic nitrogens is 4. The summed E-state index contributed by atoms with van der Waals surface area (Å²) in [7, 11) is 0. The number of benzene rings is 1. The monoisotopic (exact) mass is 430 g/mol. The van der Waals surface area contributed by atoms with Crippen molar-refractivity contribution in [2.24, 2.45) is 0 Å². The van der Waals surface area contributed by atoms with Gasteiger partial charge in [0.15, 0.2) is 0 Å². The van der Waals surface area contributed by atoms with Gasteiger partial charge in [0.2, 0.25) is 5.88 Å². The molecule has 0 radical (unpaired) electrons. The predicted molar refractivity (Wildman–Crippen MR) is 120 cm³/mol. The van der Waals surface area contributed by atoms with Crippen LogP contribution >= 0.6 is 11.6 Å². The minimum Gasteiger partial charge on any atom is -0.474 e. The number of pyridine rings is 2. The second-order valence-corrected chi connectivity index (χ2v) is 8.09. The lowest BCUT2D eigenvalue weighted by Crippen LogP contribution is -2.33. The maximum absolute atomic E-state index is 6.25. The van der Waals surface area contributed by atoms with Crippen molar-refractivity contribution in [1.82, 2.24) is 19.9 Å². The Bertz CT molecular complexity index is 1300. The lowest BCUT2D eigenvalue weighted by molar-refractivity contribution is 0.301. The maximum Gasteiger partial charge on any atom is 0.237 e. The fourth-order valence-electron chi connectivity index (χ4n) is 4.33. The third kappa shape index (κ3) is 3.21. The van der Waals surface area contributed by atoms with Gasteiger partial charge in [-0.3, -0.25) is 4.98 Å². The zero-order valence-electron chi connectivity index (χ0n) is 16.7. The number of ether oxygens (including phenoxy) is 1. The molecule has 2 aliphatic heterocycles. The summed E-state index contributed by atoms with van der Waals surface area (Å²) in [5.74, 6) is 1.57. The molecular weight excluding hydrogens is 412 g/mol. The Hall–Kier alpha value is -3.45. The van der Waals surface area contributed by atoms with Crippen LogP contribution in [0, 0.1) is 0 Å². The summed E-state index contributed by atoms with van der Waals surface area (Å²) in [5.41, 5.74) is 5.25. The SMILES string of the molecule is Clc1ccc2ncnc(N3CCc4ncc(N5CCOc6ncccc65)cc4C3)c2c1. The van der Waals surface area contributed by atoms with Crippen LogP contribution in [0.25, 0.3) is 10.9 Å². The van der Waals surface area contributed by atoms with Crippen molar-refractivity contribution >= 4 is 39.7 Å². The first kappa shape index (κ1) is 18.3. The van der Waals surface area contributed by atoms with Crippen LogP contribution in [-0.2, 0) is 13.0 Å². The quantitative estimate of drug-likeness (QED) is 0.472. The highest BCUT2D eigenvalue weighted by Crippen LogP contribution is 2.36. The van der Waals surface area contributed by atoms with Crippen LogP contribution in [0.4, 0.5) is 17.2 Å². The Labute approximate surface area is 184 Å². The molecule has 0 amide bonds. The highest BCUT2D eigenvalue weighted by atomic mass is 35.5. The molecule has 0 N–H and O–H groups in total. The minimum absolute atomic E-state index is 0.598. The molecule has 4 aromatic rings. The summed E-state index contributed by atoms with van der Waals surface area (Å²) in [4.78, 5) is 22.6. The number of nitrogens with zero attached hydrogens (tertiary/aromatic N) is 6. The van der Waals surface area contributed by atoms with Crippen molar-refractivity contribution in [2.45, 2.75) is 13.0 Å². The number of halogens is 1. The maximum atomic E-state index is 6.25. The van der Waals surface area contributed by atoms with Gasteiger partial charge in [-0.2, -0.15) is 0 Å². The van der Waals surface area contributed by atoms with E-state index in [4.69, 9.17) is 21.3 Å². The molecule has 154 valence electrons. The van der Waals surface area contributed by atoms with Crippen LogP contribution in [0.1, 0.15) is 11.3 Å². The van der Waals surface area contributed by atoms with E-state index in [9.17, 15) is 0 Å². The molecule has 2 aliphatic rings. The van der Waals surface area contributed by atoms with Gasteiger partial charge in [-0.1, -0.05) is 11.6 Å². The zero-order chi connectivity index (χ0) is 20.8. The van der Waals surface area contributed by atoms with E-state index in [0.29, 0.717) is 17.5 Å². The van der Waals surface area contributed by atoms with Crippen molar-refractivity contribution in [2.75, 3.05) is 29.5 Å². The average molecular weight is 431 g/mol. The van der Waals surface area contributed by atoms with E-state index >= 15 is 0 Å². The normalized spacial score (nSPS) is 15.4. The standard InChI is InChI=1S/C23H19ClN6O/c24-16-3-4-20-18(11-16)22(28-14-27-20)29-7-5-19-15(13-29)10-17(12-26-19)30-8-9-31-23-21(30)2-1-6-25-23/h1-4,6,10-12,14H,5,7-9,13H2. The lowest BCUT2D eigenvalue weighted by Gasteiger charge is -2.33. The molecule has 1 aromatic carbocycles. The fourth-order valence-corrected chi connectivity index (χ4v) is 4.50. The summed E-state index contributed by atoms with van der Waals surface area (Å²) >= 11 is 6.25. The number of anilines is 3. The van der Waals surface area contributed by atoms with Crippen LogP contribution in [0.3, 0.4) is 0 Å². The van der Waals surface area contributed by atoms with Crippen LogP contribution in [-0.4, -0.2) is 39.6 Å². The largest absolute Gasteiger partial charge is 0.474 e. The minimum atomic E-state index is 0.598. The molecule has 0 aliphatic carbocycles. The van der Waals surface area contributed by atoms with E-state index in [1.165, 1.54) is 5.56 Å². The summed E-state index contributed by atoms with van der Waals surface area (Å²) in [6.45, 7) is 2.94. The second-order valence-electron chi connectivity index (χ2n) is 7.66. The molecule has 0 spiro atoms. The van der Waals surface area contributed by atoms with Crippen LogP contribution in [0.2, 0.25) is 5.02 Å². The molecule has 31 heavy (non-hydrogen) atoms. The molecule has 8 heteroatoms. The van der Waals surface area contributed by atoms with Gasteiger partial charge >= 0.3 is 0 Å². The van der Waals surface area contributed by atoms with Crippen molar-refractivity contribution < 1.29 is 4.74 Å². The van der Waals surface area contributed by atoms with Gasteiger partial charge < -0.3 is 14.5 Å². The van der Waals surface area contributed by atoms with E-state index in [1.807, 2.05) is 36.5 Å². The smallest absolute Gasteiger partial charge is 0.237 e. The van der Waals surface area contributed by atoms with Crippen LogP contribution < -0.4 is 14.5 Å². The Morgan fingerprint density at radius 1 is 1.00 bits per heavy atom. The fraction of sp³-hybridized carbons (Fsp3) is 0.217. The summed E-state index contributed by atoms with van der Waals surface area (Å²) in [6, 6.07) is 11.9. The lowest BCUT2D eigenvalue weighted by atomic mass is 10.0. The number of rotatable bonds is 2. The van der Waals surface area contributed by atoms with E-state index < -0.39 is 0 Å². The molecule has 0 bridgehead atoms. The third-order valence-corrected chi connectivity index (χ3v) is 6.04. The van der Waals surface area contributed by atoms with E-state index in [2.05, 4.69) is 30.8 Å². The first-order valence-corrected chi connectivity index (χ1v) is 10.6. The van der Waals surface area contributed by atoms with Gasteiger partial charge in [0, 0.05) is 41.8 Å². The summed E-state index contributed by atoms with van der Waals surface area (Å²) < 4.78 is 5.71. The van der Waals surface area contributed by atoms with Crippen LogP contribution in [0.15, 0.2) is 55.1 Å². The van der Waals surface area contributed by atoms with E-state index in [-0.39, 0.29) is 0 Å². The Kier molecular flexibility index (Phi) is 4.35. The molecule has 0 saturated carbocycles. The highest BCUT2D eigenvalue weighted by molar-refractivity contribution is 6.31. The first-order chi connectivity index (χ1) is 15.3. The molecule has 0 fully saturated rings. The third-order valence-electron chi connectivity index (χ3n) is 5.81. The number of hydrogen-bond donors (Lipinski definition) is 0. The first-order valence-electron chi connectivity index (χ1n) is 10.2. The van der Waals surface area contributed by atoms with Gasteiger partial charge in [0.25, 0.3) is 0 Å². The van der Waals surface area contributed by atoms with Crippen molar-refractivity contribution in [1.29, 1.82) is 0 Å². The summed E-state index contributed by atoms with van der Waals surface area (Å²) in [5, 5.41) is 1.65. The van der Waals surface area contributed by atoms with Gasteiger partial charge in [0.1, 0.15) is 24.4 Å². The molecule has 7 nitrogen and oxygen atoms in total. The highest BCUT2D eigenvalue weighted by Gasteiger charge is 2.24. The number of hydrogen-bond acceptors (Lipinski definition) is 7. The Morgan fingerprint density at radius 2 is 1.97 bits per heavy atom. The van der Waals surface area contributed by atoms with Crippen molar-refractivity contribution in [3.8, 4) is 5.88 Å². The number of fused-ring (bicyclic) bond motifs is 3. The van der Waals surface area contributed by atoms with Gasteiger partial charge in [-0.25, -0.2) is 15.0 Å². The topological polar surface area (TPSA) is 67.3 Å². The average Bonchev–Trinajstić information content (AvgIpc) is 2.82. The second kappa shape index (κ2) is 7.35. The molecule has 0 saturated heterocycles. The van der Waals surface area contributed by atoms with Crippen molar-refractivity contribution in [3.63, 3.8) is 0 Å². The van der Waals surface area contributed by atoms with Crippen molar-refractivity contribution in [3.05, 3.63) is 71.4 Å². The van der Waals surface area contributed by atoms with E-state index in [1.54, 1.807) is 12.5 Å². The van der Waals surface area contributed by atoms with Gasteiger partial charge in [-0.15, -0.1) is 0 Å². The summed E-state index contributed by atoms with van der Waals surface area (Å²) in [6.07, 6.45) is 6.19. The zero-order valence-corrected chi connectivity index (χ0v) is 17.5. The molecule has 3 aromatic heterocycles. The molecule has 5 heterocycles. The van der Waals surface area contributed by atoms with Gasteiger partial charge in [-0.05, 0) is 42.0 Å². The molecular formula is C23H19ClN6O. The molecule has 0 unspecified atom stereocenters. The molecule has 6 rings (SSSR count). The van der Waals surface area contributed by atoms with Gasteiger partial charge in [0.05, 0.1) is 23.9 Å². The Balaban J connectivity index is 1.36. The van der Waals surface area contributed by atoms with E-state index in [0.717, 1.165) is 59.8 Å². The predicted octanol–water partition coefficient (Wildman–Crippen LogP) is 4.17. The van der Waals surface area contributed by atoms with Crippen LogP contribution in [0.5, 0.6) is 5.88 Å². The Morgan fingerprint density at radius 3 is 2.94 bits per heavy atom.